The summed E-state index contributed by atoms with van der Waals surface area (Å²) in [6.07, 6.45) is 4.54. The monoisotopic (exact) mass is 553 g/mol. The van der Waals surface area contributed by atoms with Gasteiger partial charge in [0.15, 0.2) is 0 Å². The van der Waals surface area contributed by atoms with E-state index in [0.29, 0.717) is 42.6 Å². The molecule has 1 saturated heterocycles. The number of rotatable bonds is 8. The molecule has 1 N–H and O–H groups in total. The third kappa shape index (κ3) is 5.50. The summed E-state index contributed by atoms with van der Waals surface area (Å²) in [4.78, 5) is 35.3. The number of ether oxygens (including phenoxy) is 1. The normalized spacial score (nSPS) is 15.4. The Bertz CT molecular complexity index is 1600. The summed E-state index contributed by atoms with van der Waals surface area (Å²) in [5.74, 6) is 1.51. The van der Waals surface area contributed by atoms with E-state index in [2.05, 4.69) is 17.9 Å². The van der Waals surface area contributed by atoms with E-state index in [1.54, 1.807) is 31.2 Å². The highest BCUT2D eigenvalue weighted by atomic mass is 16.5. The SMILES string of the molecule is Cc1cc(C2CC2)cnc1N1CCN(C(=O)c2ccc(-n3c(C)c(O)n(COCc4ccccc4)c3=O)cc2)CC1. The van der Waals surface area contributed by atoms with Gasteiger partial charge in [0.1, 0.15) is 12.5 Å². The minimum absolute atomic E-state index is 0.0382. The quantitative estimate of drug-likeness (QED) is 0.348. The van der Waals surface area contributed by atoms with E-state index in [-0.39, 0.29) is 18.5 Å². The predicted octanol–water partition coefficient (Wildman–Crippen LogP) is 4.37. The lowest BCUT2D eigenvalue weighted by molar-refractivity contribution is 0.0570. The summed E-state index contributed by atoms with van der Waals surface area (Å²) in [5, 5.41) is 10.6. The summed E-state index contributed by atoms with van der Waals surface area (Å²) in [5.41, 5.74) is 4.64. The van der Waals surface area contributed by atoms with E-state index in [4.69, 9.17) is 9.72 Å². The van der Waals surface area contributed by atoms with Crippen molar-refractivity contribution in [2.45, 2.75) is 45.9 Å². The van der Waals surface area contributed by atoms with Gasteiger partial charge in [-0.15, -0.1) is 0 Å². The number of nitrogens with zero attached hydrogens (tertiary/aromatic N) is 5. The number of imidazole rings is 1. The molecule has 9 heteroatoms. The number of carbonyl (C=O) groups is 1. The Hall–Kier alpha value is -4.37. The summed E-state index contributed by atoms with van der Waals surface area (Å²) < 4.78 is 8.31. The van der Waals surface area contributed by atoms with Gasteiger partial charge in [0, 0.05) is 37.9 Å². The number of aryl methyl sites for hydroxylation is 1. The van der Waals surface area contributed by atoms with Crippen molar-refractivity contribution in [1.82, 2.24) is 19.0 Å². The van der Waals surface area contributed by atoms with Gasteiger partial charge < -0.3 is 19.6 Å². The van der Waals surface area contributed by atoms with Crippen LogP contribution < -0.4 is 10.6 Å². The summed E-state index contributed by atoms with van der Waals surface area (Å²) in [6, 6.07) is 18.8. The second-order valence-corrected chi connectivity index (χ2v) is 10.9. The van der Waals surface area contributed by atoms with Gasteiger partial charge in [0.25, 0.3) is 5.91 Å². The van der Waals surface area contributed by atoms with Crippen LogP contribution in [0.4, 0.5) is 5.82 Å². The molecule has 2 aromatic carbocycles. The molecular weight excluding hydrogens is 518 g/mol. The molecule has 3 heterocycles. The van der Waals surface area contributed by atoms with Crippen LogP contribution in [0, 0.1) is 13.8 Å². The Kier molecular flexibility index (Phi) is 7.36. The number of pyridine rings is 1. The fourth-order valence-electron chi connectivity index (χ4n) is 5.52. The maximum atomic E-state index is 13.3. The minimum atomic E-state index is -0.405. The van der Waals surface area contributed by atoms with Crippen LogP contribution in [0.3, 0.4) is 0 Å². The van der Waals surface area contributed by atoms with Crippen molar-refractivity contribution in [2.75, 3.05) is 31.1 Å². The van der Waals surface area contributed by atoms with Crippen LogP contribution in [0.2, 0.25) is 0 Å². The average Bonchev–Trinajstić information content (AvgIpc) is 3.83. The van der Waals surface area contributed by atoms with Gasteiger partial charge in [0.2, 0.25) is 5.88 Å². The molecule has 2 fully saturated rings. The molecule has 0 spiro atoms. The Morgan fingerprint density at radius 2 is 1.71 bits per heavy atom. The molecule has 1 amide bonds. The third-order valence-corrected chi connectivity index (χ3v) is 8.03. The number of carbonyl (C=O) groups excluding carboxylic acids is 1. The van der Waals surface area contributed by atoms with Gasteiger partial charge in [-0.25, -0.2) is 14.3 Å². The standard InChI is InChI=1S/C32H35N5O4/c1-22-18-27(25-8-9-25)19-33-29(22)34-14-16-35(17-15-34)31(39)26-10-12-28(13-11-26)37-23(2)30(38)36(32(37)40)21-41-20-24-6-4-3-5-7-24/h3-7,10-13,18-19,25,38H,8-9,14-17,20-21H2,1-2H3. The lowest BCUT2D eigenvalue weighted by Gasteiger charge is -2.36. The van der Waals surface area contributed by atoms with Crippen LogP contribution in [0.15, 0.2) is 71.7 Å². The van der Waals surface area contributed by atoms with E-state index in [1.807, 2.05) is 41.4 Å². The van der Waals surface area contributed by atoms with Crippen molar-refractivity contribution in [3.63, 3.8) is 0 Å². The molecule has 0 bridgehead atoms. The molecule has 0 unspecified atom stereocenters. The molecule has 9 nitrogen and oxygen atoms in total. The van der Waals surface area contributed by atoms with Gasteiger partial charge in [0.05, 0.1) is 18.0 Å². The number of benzene rings is 2. The maximum Gasteiger partial charge on any atom is 0.337 e. The number of hydrogen-bond acceptors (Lipinski definition) is 6. The molecule has 41 heavy (non-hydrogen) atoms. The Balaban J connectivity index is 1.09. The van der Waals surface area contributed by atoms with Crippen LogP contribution in [-0.4, -0.2) is 56.2 Å². The third-order valence-electron chi connectivity index (χ3n) is 8.03. The molecular formula is C32H35N5O4. The fraction of sp³-hybridized carbons (Fsp3) is 0.344. The number of piperazine rings is 1. The first-order valence-corrected chi connectivity index (χ1v) is 14.1. The molecule has 0 radical (unpaired) electrons. The number of anilines is 1. The lowest BCUT2D eigenvalue weighted by Crippen LogP contribution is -2.49. The van der Waals surface area contributed by atoms with E-state index in [9.17, 15) is 14.7 Å². The topological polar surface area (TPSA) is 92.8 Å². The zero-order valence-corrected chi connectivity index (χ0v) is 23.5. The van der Waals surface area contributed by atoms with Crippen molar-refractivity contribution in [3.05, 3.63) is 105 Å². The van der Waals surface area contributed by atoms with Crippen molar-refractivity contribution >= 4 is 11.7 Å². The summed E-state index contributed by atoms with van der Waals surface area (Å²) in [7, 11) is 0. The van der Waals surface area contributed by atoms with Crippen molar-refractivity contribution in [2.24, 2.45) is 0 Å². The van der Waals surface area contributed by atoms with E-state index >= 15 is 0 Å². The van der Waals surface area contributed by atoms with E-state index in [0.717, 1.165) is 24.5 Å². The van der Waals surface area contributed by atoms with Crippen LogP contribution in [0.1, 0.15) is 51.5 Å². The first-order chi connectivity index (χ1) is 19.9. The molecule has 6 rings (SSSR count). The van der Waals surface area contributed by atoms with Gasteiger partial charge in [-0.1, -0.05) is 36.4 Å². The fourth-order valence-corrected chi connectivity index (χ4v) is 5.52. The van der Waals surface area contributed by atoms with Crippen molar-refractivity contribution in [3.8, 4) is 11.6 Å². The Morgan fingerprint density at radius 3 is 2.37 bits per heavy atom. The van der Waals surface area contributed by atoms with Crippen molar-refractivity contribution < 1.29 is 14.6 Å². The summed E-state index contributed by atoms with van der Waals surface area (Å²) in [6.45, 7) is 6.74. The zero-order valence-electron chi connectivity index (χ0n) is 23.5. The van der Waals surface area contributed by atoms with Gasteiger partial charge in [-0.2, -0.15) is 0 Å². The predicted molar refractivity (Wildman–Crippen MR) is 157 cm³/mol. The van der Waals surface area contributed by atoms with Crippen molar-refractivity contribution in [1.29, 1.82) is 0 Å². The Morgan fingerprint density at radius 1 is 1.00 bits per heavy atom. The lowest BCUT2D eigenvalue weighted by atomic mass is 10.1. The highest BCUT2D eigenvalue weighted by Crippen LogP contribution is 2.40. The van der Waals surface area contributed by atoms with Gasteiger partial charge in [-0.05, 0) is 73.6 Å². The van der Waals surface area contributed by atoms with E-state index < -0.39 is 5.69 Å². The highest BCUT2D eigenvalue weighted by molar-refractivity contribution is 5.94. The molecule has 1 aliphatic heterocycles. The smallest absolute Gasteiger partial charge is 0.337 e. The first-order valence-electron chi connectivity index (χ1n) is 14.1. The molecule has 0 atom stereocenters. The molecule has 1 aliphatic carbocycles. The number of aromatic nitrogens is 3. The van der Waals surface area contributed by atoms with Crippen LogP contribution in [0.25, 0.3) is 5.69 Å². The summed E-state index contributed by atoms with van der Waals surface area (Å²) >= 11 is 0. The second kappa shape index (κ2) is 11.2. The Labute approximate surface area is 239 Å². The highest BCUT2D eigenvalue weighted by Gasteiger charge is 2.27. The molecule has 1 saturated carbocycles. The van der Waals surface area contributed by atoms with E-state index in [1.165, 1.54) is 33.1 Å². The minimum Gasteiger partial charge on any atom is -0.493 e. The zero-order chi connectivity index (χ0) is 28.5. The number of aromatic hydroxyl groups is 1. The van der Waals surface area contributed by atoms with Crippen LogP contribution >= 0.6 is 0 Å². The number of hydrogen-bond donors (Lipinski definition) is 1. The molecule has 212 valence electrons. The van der Waals surface area contributed by atoms with Crippen LogP contribution in [0.5, 0.6) is 5.88 Å². The average molecular weight is 554 g/mol. The molecule has 2 aliphatic rings. The maximum absolute atomic E-state index is 13.3. The second-order valence-electron chi connectivity index (χ2n) is 10.9. The molecule has 4 aromatic rings. The largest absolute Gasteiger partial charge is 0.493 e. The van der Waals surface area contributed by atoms with Crippen LogP contribution in [-0.2, 0) is 18.1 Å². The number of amides is 1. The first kappa shape index (κ1) is 26.8. The van der Waals surface area contributed by atoms with Gasteiger partial charge in [-0.3, -0.25) is 9.36 Å². The molecule has 2 aromatic heterocycles. The van der Waals surface area contributed by atoms with Gasteiger partial charge >= 0.3 is 5.69 Å².